The van der Waals surface area contributed by atoms with Crippen LogP contribution in [0.5, 0.6) is 0 Å². The van der Waals surface area contributed by atoms with Crippen molar-refractivity contribution in [3.8, 4) is 0 Å². The van der Waals surface area contributed by atoms with Crippen molar-refractivity contribution in [2.75, 3.05) is 30.9 Å². The molecule has 2 N–H and O–H groups in total. The molecule has 0 saturated carbocycles. The zero-order valence-electron chi connectivity index (χ0n) is 11.9. The molecule has 1 aliphatic heterocycles. The average molecular weight is 301 g/mol. The first-order valence-electron chi connectivity index (χ1n) is 6.62. The molecule has 1 aromatic rings. The summed E-state index contributed by atoms with van der Waals surface area (Å²) >= 11 is 3.77. The van der Waals surface area contributed by atoms with Gasteiger partial charge in [-0.25, -0.2) is 4.98 Å². The second-order valence-corrected chi connectivity index (χ2v) is 8.21. The Labute approximate surface area is 123 Å². The van der Waals surface area contributed by atoms with Crippen molar-refractivity contribution in [1.29, 1.82) is 0 Å². The fraction of sp³-hybridized carbons (Fsp3) is 0.769. The van der Waals surface area contributed by atoms with Gasteiger partial charge in [0.15, 0.2) is 5.13 Å². The molecule has 4 nitrogen and oxygen atoms in total. The van der Waals surface area contributed by atoms with Crippen molar-refractivity contribution < 1.29 is 4.74 Å². The highest BCUT2D eigenvalue weighted by atomic mass is 32.2. The smallest absolute Gasteiger partial charge is 0.185 e. The molecule has 1 saturated heterocycles. The zero-order chi connectivity index (χ0) is 13.9. The standard InChI is InChI=1S/C13H23N3OS2/c1-13(2)4-5-16(6-7-18-13)12-15-10(9-17-3)11(8-14)19-12/h4-9,14H2,1-3H3. The molecule has 2 heterocycles. The van der Waals surface area contributed by atoms with E-state index in [1.54, 1.807) is 18.4 Å². The van der Waals surface area contributed by atoms with Crippen LogP contribution in [0.15, 0.2) is 0 Å². The van der Waals surface area contributed by atoms with Gasteiger partial charge in [-0.05, 0) is 6.42 Å². The second kappa shape index (κ2) is 6.43. The zero-order valence-corrected chi connectivity index (χ0v) is 13.6. The minimum Gasteiger partial charge on any atom is -0.378 e. The van der Waals surface area contributed by atoms with Crippen molar-refractivity contribution >= 4 is 28.2 Å². The maximum absolute atomic E-state index is 5.79. The summed E-state index contributed by atoms with van der Waals surface area (Å²) in [7, 11) is 1.70. The number of rotatable bonds is 4. The Bertz CT molecular complexity index is 420. The third-order valence-electron chi connectivity index (χ3n) is 3.34. The highest BCUT2D eigenvalue weighted by Gasteiger charge is 2.25. The molecular formula is C13H23N3OS2. The number of methoxy groups -OCH3 is 1. The molecule has 0 unspecified atom stereocenters. The summed E-state index contributed by atoms with van der Waals surface area (Å²) in [5.74, 6) is 1.16. The summed E-state index contributed by atoms with van der Waals surface area (Å²) in [5, 5.41) is 1.10. The molecule has 0 spiro atoms. The number of hydrogen-bond acceptors (Lipinski definition) is 6. The van der Waals surface area contributed by atoms with Crippen LogP contribution in [0, 0.1) is 0 Å². The first-order valence-corrected chi connectivity index (χ1v) is 8.42. The SMILES string of the molecule is COCc1nc(N2CCSC(C)(C)CC2)sc1CN. The van der Waals surface area contributed by atoms with E-state index in [-0.39, 0.29) is 0 Å². The molecule has 0 radical (unpaired) electrons. The lowest BCUT2D eigenvalue weighted by atomic mass is 10.1. The van der Waals surface area contributed by atoms with Crippen LogP contribution in [0.25, 0.3) is 0 Å². The number of thioether (sulfide) groups is 1. The Morgan fingerprint density at radius 3 is 2.89 bits per heavy atom. The lowest BCUT2D eigenvalue weighted by molar-refractivity contribution is 0.181. The van der Waals surface area contributed by atoms with Crippen LogP contribution >= 0.6 is 23.1 Å². The van der Waals surface area contributed by atoms with E-state index in [4.69, 9.17) is 15.5 Å². The van der Waals surface area contributed by atoms with Crippen molar-refractivity contribution in [1.82, 2.24) is 4.98 Å². The van der Waals surface area contributed by atoms with Gasteiger partial charge in [0, 0.05) is 42.1 Å². The lowest BCUT2D eigenvalue weighted by Crippen LogP contribution is -2.26. The number of anilines is 1. The third-order valence-corrected chi connectivity index (χ3v) is 5.89. The quantitative estimate of drug-likeness (QED) is 0.926. The van der Waals surface area contributed by atoms with Gasteiger partial charge in [-0.15, -0.1) is 11.3 Å². The molecule has 1 aromatic heterocycles. The van der Waals surface area contributed by atoms with Gasteiger partial charge >= 0.3 is 0 Å². The van der Waals surface area contributed by atoms with Gasteiger partial charge in [-0.2, -0.15) is 11.8 Å². The van der Waals surface area contributed by atoms with E-state index in [0.29, 0.717) is 17.9 Å². The van der Waals surface area contributed by atoms with Crippen molar-refractivity contribution in [2.24, 2.45) is 5.73 Å². The second-order valence-electron chi connectivity index (χ2n) is 5.35. The van der Waals surface area contributed by atoms with Gasteiger partial charge in [0.1, 0.15) is 0 Å². The van der Waals surface area contributed by atoms with Crippen LogP contribution in [-0.2, 0) is 17.9 Å². The molecule has 19 heavy (non-hydrogen) atoms. The maximum Gasteiger partial charge on any atom is 0.185 e. The van der Waals surface area contributed by atoms with Gasteiger partial charge < -0.3 is 15.4 Å². The van der Waals surface area contributed by atoms with E-state index in [1.165, 1.54) is 6.42 Å². The molecule has 6 heteroatoms. The Kier molecular flexibility index (Phi) is 5.11. The van der Waals surface area contributed by atoms with E-state index in [0.717, 1.165) is 34.5 Å². The monoisotopic (exact) mass is 301 g/mol. The number of hydrogen-bond donors (Lipinski definition) is 1. The van der Waals surface area contributed by atoms with Crippen molar-refractivity contribution in [2.45, 2.75) is 38.2 Å². The van der Waals surface area contributed by atoms with Gasteiger partial charge in [0.25, 0.3) is 0 Å². The Morgan fingerprint density at radius 1 is 1.42 bits per heavy atom. The number of nitrogens with zero attached hydrogens (tertiary/aromatic N) is 2. The van der Waals surface area contributed by atoms with Crippen LogP contribution < -0.4 is 10.6 Å². The maximum atomic E-state index is 5.79. The Morgan fingerprint density at radius 2 is 2.21 bits per heavy atom. The van der Waals surface area contributed by atoms with Crippen LogP contribution in [0.3, 0.4) is 0 Å². The summed E-state index contributed by atoms with van der Waals surface area (Å²) in [6.07, 6.45) is 1.19. The summed E-state index contributed by atoms with van der Waals surface area (Å²) in [4.78, 5) is 8.25. The fourth-order valence-electron chi connectivity index (χ4n) is 2.13. The van der Waals surface area contributed by atoms with Crippen LogP contribution in [0.1, 0.15) is 30.8 Å². The Hall–Kier alpha value is -0.300. The summed E-state index contributed by atoms with van der Waals surface area (Å²) in [5.41, 5.74) is 6.79. The van der Waals surface area contributed by atoms with Crippen LogP contribution in [-0.4, -0.2) is 35.7 Å². The van der Waals surface area contributed by atoms with Gasteiger partial charge in [-0.1, -0.05) is 13.8 Å². The van der Waals surface area contributed by atoms with E-state index < -0.39 is 0 Å². The third kappa shape index (κ3) is 3.84. The molecule has 1 fully saturated rings. The average Bonchev–Trinajstić information content (AvgIpc) is 2.67. The van der Waals surface area contributed by atoms with Crippen molar-refractivity contribution in [3.63, 3.8) is 0 Å². The first kappa shape index (κ1) is 15.1. The summed E-state index contributed by atoms with van der Waals surface area (Å²) in [6, 6.07) is 0. The van der Waals surface area contributed by atoms with E-state index in [1.807, 2.05) is 0 Å². The summed E-state index contributed by atoms with van der Waals surface area (Å²) in [6.45, 7) is 7.89. The van der Waals surface area contributed by atoms with Crippen LogP contribution in [0.4, 0.5) is 5.13 Å². The molecule has 2 rings (SSSR count). The number of nitrogens with two attached hydrogens (primary N) is 1. The Balaban J connectivity index is 2.12. The molecule has 0 atom stereocenters. The predicted molar refractivity (Wildman–Crippen MR) is 84.1 cm³/mol. The molecule has 1 aliphatic rings. The number of thiazole rings is 1. The van der Waals surface area contributed by atoms with Crippen LogP contribution in [0.2, 0.25) is 0 Å². The highest BCUT2D eigenvalue weighted by molar-refractivity contribution is 8.00. The number of ether oxygens (including phenoxy) is 1. The molecule has 0 aromatic carbocycles. The van der Waals surface area contributed by atoms with Crippen molar-refractivity contribution in [3.05, 3.63) is 10.6 Å². The lowest BCUT2D eigenvalue weighted by Gasteiger charge is -2.22. The van der Waals surface area contributed by atoms with Gasteiger partial charge in [0.05, 0.1) is 12.3 Å². The topological polar surface area (TPSA) is 51.4 Å². The first-order chi connectivity index (χ1) is 9.05. The van der Waals surface area contributed by atoms with Gasteiger partial charge in [-0.3, -0.25) is 0 Å². The van der Waals surface area contributed by atoms with Gasteiger partial charge in [0.2, 0.25) is 0 Å². The minimum atomic E-state index is 0.373. The molecule has 0 bridgehead atoms. The largest absolute Gasteiger partial charge is 0.378 e. The van der Waals surface area contributed by atoms with E-state index in [2.05, 4.69) is 30.5 Å². The molecule has 108 valence electrons. The fourth-order valence-corrected chi connectivity index (χ4v) is 4.22. The summed E-state index contributed by atoms with van der Waals surface area (Å²) < 4.78 is 5.57. The molecular weight excluding hydrogens is 278 g/mol. The van der Waals surface area contributed by atoms with E-state index in [9.17, 15) is 0 Å². The molecule has 0 aliphatic carbocycles. The molecule has 0 amide bonds. The number of aromatic nitrogens is 1. The normalized spacial score (nSPS) is 19.5. The highest BCUT2D eigenvalue weighted by Crippen LogP contribution is 2.34. The van der Waals surface area contributed by atoms with E-state index >= 15 is 0 Å². The minimum absolute atomic E-state index is 0.373. The predicted octanol–water partition coefficient (Wildman–Crippen LogP) is 2.47.